The fraction of sp³-hybridized carbons (Fsp3) is 0.500. The molecule has 0 radical (unpaired) electrons. The summed E-state index contributed by atoms with van der Waals surface area (Å²) in [5.74, 6) is 2.01. The molecule has 0 amide bonds. The maximum absolute atomic E-state index is 5.95. The first-order valence-corrected chi connectivity index (χ1v) is 8.15. The van der Waals surface area contributed by atoms with Crippen LogP contribution in [-0.2, 0) is 17.8 Å². The molecule has 0 saturated carbocycles. The minimum Gasteiger partial charge on any atom is -0.462 e. The molecule has 3 rings (SSSR count). The van der Waals surface area contributed by atoms with Crippen molar-refractivity contribution in [1.82, 2.24) is 4.90 Å². The summed E-state index contributed by atoms with van der Waals surface area (Å²) in [4.78, 5) is 2.27. The number of hydrogen-bond donors (Lipinski definition) is 0. The van der Waals surface area contributed by atoms with Gasteiger partial charge < -0.3 is 9.15 Å². The van der Waals surface area contributed by atoms with E-state index in [-0.39, 0.29) is 6.10 Å². The van der Waals surface area contributed by atoms with E-state index in [1.54, 1.807) is 11.3 Å². The molecule has 1 saturated heterocycles. The van der Waals surface area contributed by atoms with Gasteiger partial charge in [-0.05, 0) is 60.8 Å². The van der Waals surface area contributed by atoms with Gasteiger partial charge in [0.1, 0.15) is 17.6 Å². The predicted molar refractivity (Wildman–Crippen MR) is 80.7 cm³/mol. The van der Waals surface area contributed by atoms with Gasteiger partial charge in [0.2, 0.25) is 0 Å². The first-order valence-electron chi connectivity index (χ1n) is 7.21. The van der Waals surface area contributed by atoms with Crippen LogP contribution < -0.4 is 0 Å². The molecule has 2 aromatic rings. The van der Waals surface area contributed by atoms with E-state index in [4.69, 9.17) is 9.15 Å². The van der Waals surface area contributed by atoms with E-state index in [0.29, 0.717) is 0 Å². The molecule has 2 aromatic heterocycles. The van der Waals surface area contributed by atoms with Gasteiger partial charge in [0.05, 0.1) is 6.54 Å². The van der Waals surface area contributed by atoms with E-state index in [1.165, 1.54) is 18.4 Å². The third-order valence-corrected chi connectivity index (χ3v) is 4.37. The Balaban J connectivity index is 1.56. The minimum atomic E-state index is 0.166. The molecule has 0 bridgehead atoms. The summed E-state index contributed by atoms with van der Waals surface area (Å²) in [5, 5.41) is 4.31. The quantitative estimate of drug-likeness (QED) is 0.825. The number of thiophene rings is 1. The molecule has 1 fully saturated rings. The van der Waals surface area contributed by atoms with Crippen LogP contribution in [0.1, 0.15) is 42.5 Å². The van der Waals surface area contributed by atoms with Gasteiger partial charge in [-0.3, -0.25) is 4.90 Å². The highest BCUT2D eigenvalue weighted by atomic mass is 32.1. The summed E-state index contributed by atoms with van der Waals surface area (Å²) in [7, 11) is 2.12. The van der Waals surface area contributed by atoms with Crippen LogP contribution in [0.2, 0.25) is 0 Å². The zero-order valence-corrected chi connectivity index (χ0v) is 12.7. The van der Waals surface area contributed by atoms with Gasteiger partial charge in [-0.25, -0.2) is 0 Å². The van der Waals surface area contributed by atoms with Gasteiger partial charge in [-0.1, -0.05) is 0 Å². The van der Waals surface area contributed by atoms with Crippen molar-refractivity contribution in [3.8, 4) is 0 Å². The number of ether oxygens (including phenoxy) is 1. The summed E-state index contributed by atoms with van der Waals surface area (Å²) < 4.78 is 11.7. The van der Waals surface area contributed by atoms with Gasteiger partial charge in [0, 0.05) is 13.2 Å². The molecule has 4 heteroatoms. The van der Waals surface area contributed by atoms with Gasteiger partial charge in [-0.15, -0.1) is 0 Å². The minimum absolute atomic E-state index is 0.166. The highest BCUT2D eigenvalue weighted by molar-refractivity contribution is 7.07. The molecule has 20 heavy (non-hydrogen) atoms. The van der Waals surface area contributed by atoms with Gasteiger partial charge in [-0.2, -0.15) is 11.3 Å². The molecular weight excluding hydrogens is 270 g/mol. The van der Waals surface area contributed by atoms with Crippen LogP contribution in [0.3, 0.4) is 0 Å². The fourth-order valence-electron chi connectivity index (χ4n) is 2.63. The second-order valence-electron chi connectivity index (χ2n) is 5.46. The average Bonchev–Trinajstić information content (AvgIpc) is 3.11. The summed E-state index contributed by atoms with van der Waals surface area (Å²) in [6.45, 7) is 2.65. The molecule has 1 aliphatic rings. The fourth-order valence-corrected chi connectivity index (χ4v) is 3.29. The predicted octanol–water partition coefficient (Wildman–Crippen LogP) is 4.21. The molecular formula is C16H21NO2S. The zero-order chi connectivity index (χ0) is 13.8. The number of nitrogens with zero attached hydrogens (tertiary/aromatic N) is 1. The summed E-state index contributed by atoms with van der Waals surface area (Å²) in [6, 6.07) is 6.33. The van der Waals surface area contributed by atoms with Crippen LogP contribution in [0.15, 0.2) is 33.4 Å². The van der Waals surface area contributed by atoms with Crippen molar-refractivity contribution < 1.29 is 9.15 Å². The molecule has 1 aliphatic heterocycles. The zero-order valence-electron chi connectivity index (χ0n) is 11.9. The van der Waals surface area contributed by atoms with Gasteiger partial charge in [0.15, 0.2) is 0 Å². The van der Waals surface area contributed by atoms with Crippen molar-refractivity contribution in [2.75, 3.05) is 13.7 Å². The van der Waals surface area contributed by atoms with Crippen molar-refractivity contribution in [2.45, 2.75) is 38.5 Å². The van der Waals surface area contributed by atoms with Crippen LogP contribution in [0.4, 0.5) is 0 Å². The summed E-state index contributed by atoms with van der Waals surface area (Å²) in [5.41, 5.74) is 1.36. The van der Waals surface area contributed by atoms with Crippen molar-refractivity contribution >= 4 is 11.3 Å². The van der Waals surface area contributed by atoms with Crippen LogP contribution in [0.5, 0.6) is 0 Å². The van der Waals surface area contributed by atoms with E-state index in [0.717, 1.165) is 37.6 Å². The Kier molecular flexibility index (Phi) is 4.55. The Morgan fingerprint density at radius 1 is 1.25 bits per heavy atom. The van der Waals surface area contributed by atoms with Crippen molar-refractivity contribution in [3.05, 3.63) is 46.0 Å². The lowest BCUT2D eigenvalue weighted by molar-refractivity contribution is 0.000907. The number of rotatable bonds is 5. The molecule has 108 valence electrons. The monoisotopic (exact) mass is 291 g/mol. The Hall–Kier alpha value is -1.10. The van der Waals surface area contributed by atoms with Crippen LogP contribution >= 0.6 is 11.3 Å². The van der Waals surface area contributed by atoms with E-state index >= 15 is 0 Å². The molecule has 0 aromatic carbocycles. The number of furan rings is 1. The maximum atomic E-state index is 5.95. The normalized spacial score (nSPS) is 19.6. The third kappa shape index (κ3) is 3.51. The van der Waals surface area contributed by atoms with E-state index in [2.05, 4.69) is 40.9 Å². The SMILES string of the molecule is CN(Cc1ccsc1)Cc1ccc([C@H]2CCCCO2)o1. The van der Waals surface area contributed by atoms with Crippen molar-refractivity contribution in [3.63, 3.8) is 0 Å². The van der Waals surface area contributed by atoms with Crippen LogP contribution in [-0.4, -0.2) is 18.6 Å². The topological polar surface area (TPSA) is 25.6 Å². The van der Waals surface area contributed by atoms with Crippen LogP contribution in [0.25, 0.3) is 0 Å². The van der Waals surface area contributed by atoms with Crippen LogP contribution in [0, 0.1) is 0 Å². The van der Waals surface area contributed by atoms with Gasteiger partial charge >= 0.3 is 0 Å². The summed E-state index contributed by atoms with van der Waals surface area (Å²) in [6.07, 6.45) is 3.66. The standard InChI is InChI=1S/C16H21NO2S/c1-17(10-13-7-9-20-12-13)11-14-5-6-16(19-14)15-4-2-3-8-18-15/h5-7,9,12,15H,2-4,8,10-11H2,1H3/t15-/m1/s1. The molecule has 1 atom stereocenters. The third-order valence-electron chi connectivity index (χ3n) is 3.64. The lowest BCUT2D eigenvalue weighted by Gasteiger charge is -2.20. The van der Waals surface area contributed by atoms with E-state index in [1.807, 2.05) is 0 Å². The largest absolute Gasteiger partial charge is 0.462 e. The molecule has 0 aliphatic carbocycles. The average molecular weight is 291 g/mol. The Morgan fingerprint density at radius 2 is 2.20 bits per heavy atom. The second kappa shape index (κ2) is 6.57. The summed E-state index contributed by atoms with van der Waals surface area (Å²) >= 11 is 1.74. The Morgan fingerprint density at radius 3 is 2.95 bits per heavy atom. The molecule has 3 nitrogen and oxygen atoms in total. The van der Waals surface area contributed by atoms with E-state index in [9.17, 15) is 0 Å². The first-order chi connectivity index (χ1) is 9.81. The highest BCUT2D eigenvalue weighted by Crippen LogP contribution is 2.29. The number of hydrogen-bond acceptors (Lipinski definition) is 4. The highest BCUT2D eigenvalue weighted by Gasteiger charge is 2.19. The molecule has 3 heterocycles. The Bertz CT molecular complexity index is 514. The lowest BCUT2D eigenvalue weighted by atomic mass is 10.1. The molecule has 0 N–H and O–H groups in total. The van der Waals surface area contributed by atoms with E-state index < -0.39 is 0 Å². The lowest BCUT2D eigenvalue weighted by Crippen LogP contribution is -2.16. The van der Waals surface area contributed by atoms with Crippen molar-refractivity contribution in [1.29, 1.82) is 0 Å². The molecule has 0 unspecified atom stereocenters. The van der Waals surface area contributed by atoms with Gasteiger partial charge in [0.25, 0.3) is 0 Å². The smallest absolute Gasteiger partial charge is 0.133 e. The molecule has 0 spiro atoms. The first kappa shape index (κ1) is 13.9. The Labute approximate surface area is 124 Å². The second-order valence-corrected chi connectivity index (χ2v) is 6.24. The maximum Gasteiger partial charge on any atom is 0.133 e. The van der Waals surface area contributed by atoms with Crippen molar-refractivity contribution in [2.24, 2.45) is 0 Å².